The van der Waals surface area contributed by atoms with Gasteiger partial charge < -0.3 is 0 Å². The van der Waals surface area contributed by atoms with E-state index in [0.717, 1.165) is 15.8 Å². The van der Waals surface area contributed by atoms with Crippen LogP contribution in [0.1, 0.15) is 14.8 Å². The van der Waals surface area contributed by atoms with Crippen molar-refractivity contribution in [2.75, 3.05) is 7.11 Å². The molecule has 0 aliphatic rings. The van der Waals surface area contributed by atoms with Crippen molar-refractivity contribution in [2.24, 2.45) is 0 Å². The number of carbonyl (C=O) groups excluding carboxylic acids is 1. The first kappa shape index (κ1) is 10.2. The number of ketones is 1. The molecule has 76 valence electrons. The molecule has 1 aromatic carbocycles. The van der Waals surface area contributed by atoms with Crippen molar-refractivity contribution >= 4 is 20.3 Å². The van der Waals surface area contributed by atoms with Gasteiger partial charge in [-0.1, -0.05) is 0 Å². The Morgan fingerprint density at radius 3 is 2.47 bits per heavy atom. The van der Waals surface area contributed by atoms with Crippen LogP contribution >= 0.6 is 0 Å². The molecule has 1 heterocycles. The van der Waals surface area contributed by atoms with Gasteiger partial charge in [-0.25, -0.2) is 0 Å². The molecule has 0 fully saturated rings. The fraction of sp³-hybridized carbons (Fsp3) is 0.0833. The van der Waals surface area contributed by atoms with E-state index in [2.05, 4.69) is 0 Å². The first-order valence-electron chi connectivity index (χ1n) is 4.53. The Bertz CT molecular complexity index is 443. The van der Waals surface area contributed by atoms with E-state index in [1.807, 2.05) is 29.2 Å². The predicted octanol–water partition coefficient (Wildman–Crippen LogP) is 1.98. The molecule has 0 bridgehead atoms. The summed E-state index contributed by atoms with van der Waals surface area (Å²) in [6.07, 6.45) is 0. The van der Waals surface area contributed by atoms with E-state index in [1.165, 1.54) is 0 Å². The summed E-state index contributed by atoms with van der Waals surface area (Å²) in [5, 5.41) is 0. The Balaban J connectivity index is 2.27. The SMILES string of the molecule is COc1ccc(C(=O)c2ccc[se]2)cc1. The third-order valence-corrected chi connectivity index (χ3v) is 3.92. The quantitative estimate of drug-likeness (QED) is 0.626. The Morgan fingerprint density at radius 2 is 1.93 bits per heavy atom. The Hall–Kier alpha value is -1.31. The number of carbonyl (C=O) groups is 1. The summed E-state index contributed by atoms with van der Waals surface area (Å²) in [7, 11) is 1.61. The fourth-order valence-corrected chi connectivity index (χ4v) is 2.73. The van der Waals surface area contributed by atoms with Crippen molar-refractivity contribution < 1.29 is 9.53 Å². The van der Waals surface area contributed by atoms with E-state index < -0.39 is 0 Å². The van der Waals surface area contributed by atoms with Crippen molar-refractivity contribution in [2.45, 2.75) is 0 Å². The molecule has 0 atom stereocenters. The number of benzene rings is 1. The minimum absolute atomic E-state index is 0.127. The molecule has 3 heteroatoms. The Morgan fingerprint density at radius 1 is 1.20 bits per heavy atom. The molecule has 0 saturated heterocycles. The fourth-order valence-electron chi connectivity index (χ4n) is 1.29. The van der Waals surface area contributed by atoms with Crippen LogP contribution in [0.5, 0.6) is 5.75 Å². The van der Waals surface area contributed by atoms with Crippen molar-refractivity contribution in [3.8, 4) is 5.75 Å². The first-order chi connectivity index (χ1) is 7.31. The summed E-state index contributed by atoms with van der Waals surface area (Å²) < 4.78 is 5.95. The normalized spacial score (nSPS) is 9.93. The van der Waals surface area contributed by atoms with E-state index in [-0.39, 0.29) is 20.3 Å². The molecular weight excluding hydrogens is 255 g/mol. The van der Waals surface area contributed by atoms with Crippen molar-refractivity contribution in [1.29, 1.82) is 0 Å². The molecule has 2 nitrogen and oxygen atoms in total. The number of rotatable bonds is 3. The van der Waals surface area contributed by atoms with E-state index in [0.29, 0.717) is 0 Å². The minimum atomic E-state index is 0.127. The summed E-state index contributed by atoms with van der Waals surface area (Å²) >= 11 is 0.205. The van der Waals surface area contributed by atoms with Crippen LogP contribution in [0.4, 0.5) is 0 Å². The van der Waals surface area contributed by atoms with Crippen molar-refractivity contribution in [3.05, 3.63) is 51.3 Å². The standard InChI is InChI=1S/C12H10O2Se/c1-14-10-6-4-9(5-7-10)12(13)11-3-2-8-15-11/h2-8H,1H3. The second-order valence-corrected chi connectivity index (χ2v) is 5.02. The summed E-state index contributed by atoms with van der Waals surface area (Å²) in [6, 6.07) is 11.1. The van der Waals surface area contributed by atoms with Crippen LogP contribution < -0.4 is 4.74 Å². The maximum absolute atomic E-state index is 11.9. The van der Waals surface area contributed by atoms with Crippen molar-refractivity contribution in [1.82, 2.24) is 0 Å². The van der Waals surface area contributed by atoms with Crippen LogP contribution in [0.2, 0.25) is 0 Å². The van der Waals surface area contributed by atoms with Crippen LogP contribution in [-0.4, -0.2) is 27.4 Å². The van der Waals surface area contributed by atoms with E-state index in [1.54, 1.807) is 19.2 Å². The molecule has 0 aliphatic heterocycles. The van der Waals surface area contributed by atoms with Crippen LogP contribution in [0.15, 0.2) is 41.3 Å². The predicted molar refractivity (Wildman–Crippen MR) is 59.8 cm³/mol. The zero-order chi connectivity index (χ0) is 10.7. The topological polar surface area (TPSA) is 26.3 Å². The number of hydrogen-bond donors (Lipinski definition) is 0. The molecule has 0 N–H and O–H groups in total. The van der Waals surface area contributed by atoms with Gasteiger partial charge >= 0.3 is 94.0 Å². The third-order valence-electron chi connectivity index (χ3n) is 2.10. The van der Waals surface area contributed by atoms with E-state index in [4.69, 9.17) is 4.74 Å². The van der Waals surface area contributed by atoms with Crippen LogP contribution in [-0.2, 0) is 0 Å². The van der Waals surface area contributed by atoms with Crippen LogP contribution in [0.25, 0.3) is 0 Å². The maximum atomic E-state index is 11.9. The molecule has 0 aliphatic carbocycles. The third kappa shape index (κ3) is 2.20. The number of hydrogen-bond acceptors (Lipinski definition) is 2. The van der Waals surface area contributed by atoms with Crippen LogP contribution in [0, 0.1) is 0 Å². The Labute approximate surface area is 94.3 Å². The zero-order valence-electron chi connectivity index (χ0n) is 8.27. The molecule has 2 aromatic rings. The van der Waals surface area contributed by atoms with Crippen molar-refractivity contribution in [3.63, 3.8) is 0 Å². The molecule has 0 unspecified atom stereocenters. The summed E-state index contributed by atoms with van der Waals surface area (Å²) in [5.74, 6) is 0.901. The molecule has 0 amide bonds. The van der Waals surface area contributed by atoms with Gasteiger partial charge in [0.1, 0.15) is 0 Å². The molecule has 0 spiro atoms. The van der Waals surface area contributed by atoms with Gasteiger partial charge in [-0.3, -0.25) is 0 Å². The van der Waals surface area contributed by atoms with Gasteiger partial charge in [0.25, 0.3) is 0 Å². The molecule has 0 radical (unpaired) electrons. The van der Waals surface area contributed by atoms with Gasteiger partial charge in [-0.15, -0.1) is 0 Å². The van der Waals surface area contributed by atoms with Gasteiger partial charge in [0.2, 0.25) is 0 Å². The average Bonchev–Trinajstić information content (AvgIpc) is 2.82. The summed E-state index contributed by atoms with van der Waals surface area (Å²) in [5.41, 5.74) is 0.729. The molecule has 2 rings (SSSR count). The molecular formula is C12H10O2Se. The average molecular weight is 265 g/mol. The molecule has 1 aromatic heterocycles. The van der Waals surface area contributed by atoms with E-state index >= 15 is 0 Å². The van der Waals surface area contributed by atoms with Gasteiger partial charge in [0.15, 0.2) is 0 Å². The number of ether oxygens (including phenoxy) is 1. The molecule has 15 heavy (non-hydrogen) atoms. The van der Waals surface area contributed by atoms with Gasteiger partial charge in [0, 0.05) is 0 Å². The van der Waals surface area contributed by atoms with Gasteiger partial charge in [-0.2, -0.15) is 0 Å². The summed E-state index contributed by atoms with van der Waals surface area (Å²) in [6.45, 7) is 0. The second kappa shape index (κ2) is 4.47. The van der Waals surface area contributed by atoms with Crippen LogP contribution in [0.3, 0.4) is 0 Å². The van der Waals surface area contributed by atoms with Gasteiger partial charge in [-0.05, 0) is 0 Å². The number of methoxy groups -OCH3 is 1. The van der Waals surface area contributed by atoms with E-state index in [9.17, 15) is 4.79 Å². The summed E-state index contributed by atoms with van der Waals surface area (Å²) in [4.78, 5) is 14.0. The second-order valence-electron chi connectivity index (χ2n) is 3.03. The molecule has 0 saturated carbocycles. The zero-order valence-corrected chi connectivity index (χ0v) is 9.98. The Kier molecular flexibility index (Phi) is 3.05. The van der Waals surface area contributed by atoms with Gasteiger partial charge in [0.05, 0.1) is 0 Å². The first-order valence-corrected chi connectivity index (χ1v) is 6.38. The monoisotopic (exact) mass is 266 g/mol.